The van der Waals surface area contributed by atoms with Gasteiger partial charge in [0, 0.05) is 39.3 Å². The van der Waals surface area contributed by atoms with E-state index in [1.165, 1.54) is 11.9 Å². The number of nitro groups is 1. The molecule has 2 aromatic carbocycles. The second kappa shape index (κ2) is 11.5. The number of piperazine rings is 1. The molecule has 10 heteroatoms. The van der Waals surface area contributed by atoms with Crippen LogP contribution >= 0.6 is 0 Å². The molecular formula is C25H30N6O4. The molecule has 2 heterocycles. The minimum Gasteiger partial charge on any atom is -0.493 e. The molecule has 4 rings (SSSR count). The molecule has 0 saturated carbocycles. The van der Waals surface area contributed by atoms with Gasteiger partial charge >= 0.3 is 5.69 Å². The van der Waals surface area contributed by atoms with Crippen molar-refractivity contribution in [2.24, 2.45) is 0 Å². The zero-order valence-corrected chi connectivity index (χ0v) is 20.0. The van der Waals surface area contributed by atoms with E-state index in [1.807, 2.05) is 41.3 Å². The molecule has 0 unspecified atom stereocenters. The number of rotatable bonds is 10. The number of methoxy groups -OCH3 is 2. The summed E-state index contributed by atoms with van der Waals surface area (Å²) in [5.74, 6) is 1.87. The van der Waals surface area contributed by atoms with E-state index in [2.05, 4.69) is 32.3 Å². The van der Waals surface area contributed by atoms with Gasteiger partial charge in [-0.15, -0.1) is 0 Å². The summed E-state index contributed by atoms with van der Waals surface area (Å²) in [6.07, 6.45) is 1.96. The average molecular weight is 479 g/mol. The molecule has 10 nitrogen and oxygen atoms in total. The maximum atomic E-state index is 12.0. The minimum absolute atomic E-state index is 0.0957. The van der Waals surface area contributed by atoms with Gasteiger partial charge in [0.2, 0.25) is 11.6 Å². The number of para-hydroxylation sites is 1. The van der Waals surface area contributed by atoms with Crippen LogP contribution in [0.5, 0.6) is 11.5 Å². The van der Waals surface area contributed by atoms with E-state index in [9.17, 15) is 10.1 Å². The molecule has 0 atom stereocenters. The van der Waals surface area contributed by atoms with Crippen LogP contribution in [0.1, 0.15) is 11.1 Å². The molecule has 1 saturated heterocycles. The third-order valence-corrected chi connectivity index (χ3v) is 6.08. The van der Waals surface area contributed by atoms with E-state index in [0.29, 0.717) is 43.4 Å². The van der Waals surface area contributed by atoms with Crippen LogP contribution in [-0.4, -0.2) is 66.7 Å². The van der Waals surface area contributed by atoms with Crippen molar-refractivity contribution in [1.29, 1.82) is 0 Å². The van der Waals surface area contributed by atoms with E-state index >= 15 is 0 Å². The Morgan fingerprint density at radius 3 is 2.46 bits per heavy atom. The van der Waals surface area contributed by atoms with Crippen molar-refractivity contribution in [1.82, 2.24) is 14.9 Å². The van der Waals surface area contributed by atoms with Gasteiger partial charge in [-0.3, -0.25) is 15.0 Å². The summed E-state index contributed by atoms with van der Waals surface area (Å²) in [4.78, 5) is 24.4. The van der Waals surface area contributed by atoms with Crippen molar-refractivity contribution in [2.75, 3.05) is 57.2 Å². The summed E-state index contributed by atoms with van der Waals surface area (Å²) >= 11 is 0. The molecule has 1 aliphatic heterocycles. The summed E-state index contributed by atoms with van der Waals surface area (Å²) in [7, 11) is 3.18. The Bertz CT molecular complexity index is 1140. The fourth-order valence-corrected chi connectivity index (χ4v) is 4.32. The molecule has 35 heavy (non-hydrogen) atoms. The SMILES string of the molecule is COc1cccc(CCNc2ncnc(N3CCN(Cc4ccccc4)CC3)c2[N+](=O)[O-])c1OC. The van der Waals surface area contributed by atoms with Crippen molar-refractivity contribution < 1.29 is 14.4 Å². The quantitative estimate of drug-likeness (QED) is 0.347. The van der Waals surface area contributed by atoms with Gasteiger partial charge in [-0.2, -0.15) is 0 Å². The second-order valence-electron chi connectivity index (χ2n) is 8.23. The molecule has 1 aromatic heterocycles. The van der Waals surface area contributed by atoms with Gasteiger partial charge in [0.15, 0.2) is 11.5 Å². The zero-order chi connectivity index (χ0) is 24.6. The van der Waals surface area contributed by atoms with E-state index in [4.69, 9.17) is 9.47 Å². The first-order valence-corrected chi connectivity index (χ1v) is 11.5. The summed E-state index contributed by atoms with van der Waals surface area (Å²) in [5, 5.41) is 15.1. The molecule has 0 radical (unpaired) electrons. The van der Waals surface area contributed by atoms with Crippen molar-refractivity contribution in [3.05, 3.63) is 76.1 Å². The third-order valence-electron chi connectivity index (χ3n) is 6.08. The molecule has 184 valence electrons. The number of nitrogens with one attached hydrogen (secondary N) is 1. The Labute approximate surface area is 204 Å². The predicted molar refractivity (Wildman–Crippen MR) is 134 cm³/mol. The van der Waals surface area contributed by atoms with Crippen LogP contribution in [0.2, 0.25) is 0 Å². The average Bonchev–Trinajstić information content (AvgIpc) is 2.89. The number of aromatic nitrogens is 2. The standard InChI is InChI=1S/C25H30N6O4/c1-34-21-10-6-9-20(23(21)35-2)11-12-26-24-22(31(32)33)25(28-18-27-24)30-15-13-29(14-16-30)17-19-7-4-3-5-8-19/h3-10,18H,11-17H2,1-2H3,(H,26,27,28). The lowest BCUT2D eigenvalue weighted by molar-refractivity contribution is -0.383. The van der Waals surface area contributed by atoms with Crippen molar-refractivity contribution in [3.8, 4) is 11.5 Å². The summed E-state index contributed by atoms with van der Waals surface area (Å²) < 4.78 is 10.8. The Morgan fingerprint density at radius 1 is 1.00 bits per heavy atom. The smallest absolute Gasteiger partial charge is 0.353 e. The topological polar surface area (TPSA) is 106 Å². The molecule has 0 aliphatic carbocycles. The first kappa shape index (κ1) is 24.2. The van der Waals surface area contributed by atoms with E-state index in [1.54, 1.807) is 14.2 Å². The van der Waals surface area contributed by atoms with Crippen LogP contribution in [0.3, 0.4) is 0 Å². The van der Waals surface area contributed by atoms with E-state index in [0.717, 1.165) is 25.2 Å². The number of benzene rings is 2. The van der Waals surface area contributed by atoms with Gasteiger partial charge < -0.3 is 19.7 Å². The lowest BCUT2D eigenvalue weighted by atomic mass is 10.1. The monoisotopic (exact) mass is 478 g/mol. The second-order valence-corrected chi connectivity index (χ2v) is 8.23. The lowest BCUT2D eigenvalue weighted by Gasteiger charge is -2.35. The minimum atomic E-state index is -0.403. The molecule has 1 fully saturated rings. The fraction of sp³-hybridized carbons (Fsp3) is 0.360. The zero-order valence-electron chi connectivity index (χ0n) is 20.0. The summed E-state index contributed by atoms with van der Waals surface area (Å²) in [5.41, 5.74) is 2.10. The van der Waals surface area contributed by atoms with Gasteiger partial charge in [0.25, 0.3) is 0 Å². The molecule has 1 aliphatic rings. The molecule has 3 aromatic rings. The Balaban J connectivity index is 1.43. The van der Waals surface area contributed by atoms with Gasteiger partial charge in [0.1, 0.15) is 6.33 Å². The highest BCUT2D eigenvalue weighted by atomic mass is 16.6. The number of anilines is 2. The first-order chi connectivity index (χ1) is 17.1. The predicted octanol–water partition coefficient (Wildman–Crippen LogP) is 3.38. The number of ether oxygens (including phenoxy) is 2. The van der Waals surface area contributed by atoms with E-state index in [-0.39, 0.29) is 11.5 Å². The van der Waals surface area contributed by atoms with Crippen LogP contribution < -0.4 is 19.7 Å². The van der Waals surface area contributed by atoms with Crippen LogP contribution in [0, 0.1) is 10.1 Å². The van der Waals surface area contributed by atoms with Crippen LogP contribution in [-0.2, 0) is 13.0 Å². The number of hydrogen-bond donors (Lipinski definition) is 1. The Hall–Kier alpha value is -3.92. The van der Waals surface area contributed by atoms with Crippen LogP contribution in [0.15, 0.2) is 54.9 Å². The van der Waals surface area contributed by atoms with Crippen molar-refractivity contribution in [2.45, 2.75) is 13.0 Å². The summed E-state index contributed by atoms with van der Waals surface area (Å²) in [6, 6.07) is 16.0. The number of nitrogens with zero attached hydrogens (tertiary/aromatic N) is 5. The maximum Gasteiger partial charge on any atom is 0.353 e. The van der Waals surface area contributed by atoms with Crippen LogP contribution in [0.4, 0.5) is 17.3 Å². The van der Waals surface area contributed by atoms with Gasteiger partial charge in [0.05, 0.1) is 19.1 Å². The first-order valence-electron chi connectivity index (χ1n) is 11.5. The van der Waals surface area contributed by atoms with E-state index < -0.39 is 4.92 Å². The third kappa shape index (κ3) is 5.78. The number of hydrogen-bond acceptors (Lipinski definition) is 9. The highest BCUT2D eigenvalue weighted by Gasteiger charge is 2.29. The molecule has 0 spiro atoms. The van der Waals surface area contributed by atoms with Gasteiger partial charge in [-0.1, -0.05) is 42.5 Å². The fourth-order valence-electron chi connectivity index (χ4n) is 4.32. The normalized spacial score (nSPS) is 13.9. The molecule has 0 amide bonds. The largest absolute Gasteiger partial charge is 0.493 e. The highest BCUT2D eigenvalue weighted by molar-refractivity contribution is 5.70. The summed E-state index contributed by atoms with van der Waals surface area (Å²) in [6.45, 7) is 4.21. The Morgan fingerprint density at radius 2 is 1.77 bits per heavy atom. The maximum absolute atomic E-state index is 12.0. The molecular weight excluding hydrogens is 448 g/mol. The molecule has 0 bridgehead atoms. The van der Waals surface area contributed by atoms with Crippen LogP contribution in [0.25, 0.3) is 0 Å². The lowest BCUT2D eigenvalue weighted by Crippen LogP contribution is -2.46. The van der Waals surface area contributed by atoms with Crippen molar-refractivity contribution in [3.63, 3.8) is 0 Å². The molecule has 1 N–H and O–H groups in total. The highest BCUT2D eigenvalue weighted by Crippen LogP contribution is 2.33. The van der Waals surface area contributed by atoms with Gasteiger partial charge in [-0.25, -0.2) is 9.97 Å². The Kier molecular flexibility index (Phi) is 7.94. The van der Waals surface area contributed by atoms with Gasteiger partial charge in [-0.05, 0) is 23.6 Å². The van der Waals surface area contributed by atoms with Crippen molar-refractivity contribution >= 4 is 17.3 Å².